The highest BCUT2D eigenvalue weighted by atomic mass is 79.9. The molecule has 0 saturated carbocycles. The summed E-state index contributed by atoms with van der Waals surface area (Å²) >= 11 is 3.42. The number of ether oxygens (including phenoxy) is 1. The molecule has 5 nitrogen and oxygen atoms in total. The van der Waals surface area contributed by atoms with Gasteiger partial charge in [-0.15, -0.1) is 0 Å². The minimum Gasteiger partial charge on any atom is -0.444 e. The third kappa shape index (κ3) is 5.33. The molecule has 120 valence electrons. The van der Waals surface area contributed by atoms with Crippen LogP contribution in [0.5, 0.6) is 0 Å². The van der Waals surface area contributed by atoms with E-state index in [0.29, 0.717) is 26.2 Å². The molecule has 6 heteroatoms. The van der Waals surface area contributed by atoms with Crippen LogP contribution in [0, 0.1) is 0 Å². The van der Waals surface area contributed by atoms with Gasteiger partial charge in [0.2, 0.25) is 0 Å². The van der Waals surface area contributed by atoms with Crippen LogP contribution in [0.25, 0.3) is 0 Å². The summed E-state index contributed by atoms with van der Waals surface area (Å²) in [5, 5.41) is 3.29. The first kappa shape index (κ1) is 16.8. The van der Waals surface area contributed by atoms with Gasteiger partial charge in [0.1, 0.15) is 11.4 Å². The highest BCUT2D eigenvalue weighted by molar-refractivity contribution is 9.10. The maximum absolute atomic E-state index is 12.1. The fourth-order valence-corrected chi connectivity index (χ4v) is 2.28. The fourth-order valence-electron chi connectivity index (χ4n) is 2.02. The highest BCUT2D eigenvalue weighted by Crippen LogP contribution is 2.12. The van der Waals surface area contributed by atoms with Gasteiger partial charge in [0, 0.05) is 17.6 Å². The average Bonchev–Trinajstić information content (AvgIpc) is 2.45. The Bertz CT molecular complexity index is 550. The van der Waals surface area contributed by atoms with Crippen LogP contribution < -0.4 is 5.32 Å². The first-order valence-corrected chi connectivity index (χ1v) is 8.12. The number of halogens is 1. The van der Waals surface area contributed by atoms with E-state index in [4.69, 9.17) is 4.74 Å². The van der Waals surface area contributed by atoms with E-state index in [9.17, 15) is 4.79 Å². The minimum atomic E-state index is -0.476. The van der Waals surface area contributed by atoms with Crippen LogP contribution in [0.1, 0.15) is 26.3 Å². The number of rotatable bonds is 2. The minimum absolute atomic E-state index is 0.287. The Kier molecular flexibility index (Phi) is 5.45. The lowest BCUT2D eigenvalue weighted by molar-refractivity contribution is 0.0276. The van der Waals surface area contributed by atoms with Crippen molar-refractivity contribution in [1.82, 2.24) is 10.2 Å². The Morgan fingerprint density at radius 2 is 2.05 bits per heavy atom. The van der Waals surface area contributed by atoms with Gasteiger partial charge in [-0.3, -0.25) is 9.89 Å². The second-order valence-corrected chi connectivity index (χ2v) is 7.13. The third-order valence-electron chi connectivity index (χ3n) is 3.07. The van der Waals surface area contributed by atoms with Gasteiger partial charge in [0.05, 0.1) is 13.1 Å². The Morgan fingerprint density at radius 1 is 1.36 bits per heavy atom. The summed E-state index contributed by atoms with van der Waals surface area (Å²) < 4.78 is 6.46. The number of nitrogens with one attached hydrogen (secondary N) is 1. The molecule has 0 aliphatic carbocycles. The van der Waals surface area contributed by atoms with E-state index in [1.165, 1.54) is 5.56 Å². The fraction of sp³-hybridized carbons (Fsp3) is 0.500. The lowest BCUT2D eigenvalue weighted by atomic mass is 10.2. The maximum Gasteiger partial charge on any atom is 0.410 e. The van der Waals surface area contributed by atoms with Crippen molar-refractivity contribution >= 4 is 27.9 Å². The Balaban J connectivity index is 1.86. The number of amidine groups is 1. The van der Waals surface area contributed by atoms with Crippen LogP contribution in [0.4, 0.5) is 4.79 Å². The second-order valence-electron chi connectivity index (χ2n) is 6.21. The summed E-state index contributed by atoms with van der Waals surface area (Å²) in [6.07, 6.45) is -0.287. The molecule has 0 fully saturated rings. The molecule has 0 aromatic heterocycles. The molecule has 1 aromatic rings. The van der Waals surface area contributed by atoms with Crippen LogP contribution in [-0.4, -0.2) is 42.1 Å². The molecular weight excluding hydrogens is 346 g/mol. The number of hydrogen-bond donors (Lipinski definition) is 1. The third-order valence-corrected chi connectivity index (χ3v) is 3.60. The van der Waals surface area contributed by atoms with Crippen molar-refractivity contribution in [3.63, 3.8) is 0 Å². The van der Waals surface area contributed by atoms with Gasteiger partial charge in [0.15, 0.2) is 0 Å². The number of benzene rings is 1. The standard InChI is InChI=1S/C16H22BrN3O2/c1-16(2,3)22-15(21)20-9-8-18-14(11-20)19-10-12-4-6-13(17)7-5-12/h4-7H,8-11H2,1-3H3,(H,18,19). The van der Waals surface area contributed by atoms with Gasteiger partial charge < -0.3 is 10.1 Å². The summed E-state index contributed by atoms with van der Waals surface area (Å²) in [6.45, 7) is 7.96. The van der Waals surface area contributed by atoms with Crippen LogP contribution in [-0.2, 0) is 11.3 Å². The monoisotopic (exact) mass is 367 g/mol. The molecule has 0 atom stereocenters. The van der Waals surface area contributed by atoms with Crippen LogP contribution in [0.15, 0.2) is 33.7 Å². The molecular formula is C16H22BrN3O2. The molecule has 0 saturated heterocycles. The van der Waals surface area contributed by atoms with Crippen LogP contribution in [0.3, 0.4) is 0 Å². The molecule has 0 spiro atoms. The zero-order valence-corrected chi connectivity index (χ0v) is 14.8. The van der Waals surface area contributed by atoms with E-state index in [0.717, 1.165) is 10.3 Å². The van der Waals surface area contributed by atoms with Crippen molar-refractivity contribution in [3.8, 4) is 0 Å². The summed E-state index contributed by atoms with van der Waals surface area (Å²) in [5.41, 5.74) is 0.691. The number of nitrogens with zero attached hydrogens (tertiary/aromatic N) is 2. The largest absolute Gasteiger partial charge is 0.444 e. The van der Waals surface area contributed by atoms with Crippen molar-refractivity contribution in [1.29, 1.82) is 0 Å². The van der Waals surface area contributed by atoms with Gasteiger partial charge in [0.25, 0.3) is 0 Å². The normalized spacial score (nSPS) is 15.3. The van der Waals surface area contributed by atoms with E-state index in [2.05, 4.69) is 26.2 Å². The molecule has 1 N–H and O–H groups in total. The Labute approximate surface area is 139 Å². The number of aliphatic imine (C=N–C) groups is 1. The summed E-state index contributed by atoms with van der Waals surface area (Å²) in [7, 11) is 0. The zero-order valence-electron chi connectivity index (χ0n) is 13.2. The number of carbonyl (C=O) groups excluding carboxylic acids is 1. The molecule has 0 radical (unpaired) electrons. The van der Waals surface area contributed by atoms with Crippen molar-refractivity contribution in [3.05, 3.63) is 34.3 Å². The van der Waals surface area contributed by atoms with E-state index < -0.39 is 5.60 Å². The Morgan fingerprint density at radius 3 is 2.68 bits per heavy atom. The quantitative estimate of drug-likeness (QED) is 0.872. The lowest BCUT2D eigenvalue weighted by Gasteiger charge is -2.30. The highest BCUT2D eigenvalue weighted by Gasteiger charge is 2.24. The predicted octanol–water partition coefficient (Wildman–Crippen LogP) is 3.19. The van der Waals surface area contributed by atoms with Crippen molar-refractivity contribution in [2.24, 2.45) is 4.99 Å². The molecule has 1 aliphatic rings. The molecule has 1 amide bonds. The summed E-state index contributed by atoms with van der Waals surface area (Å²) in [6, 6.07) is 8.11. The molecule has 0 unspecified atom stereocenters. The van der Waals surface area contributed by atoms with Crippen molar-refractivity contribution in [2.75, 3.05) is 19.6 Å². The topological polar surface area (TPSA) is 53.9 Å². The van der Waals surface area contributed by atoms with E-state index in [1.807, 2.05) is 45.0 Å². The van der Waals surface area contributed by atoms with Crippen LogP contribution in [0.2, 0.25) is 0 Å². The molecule has 22 heavy (non-hydrogen) atoms. The predicted molar refractivity (Wildman–Crippen MR) is 91.1 cm³/mol. The smallest absolute Gasteiger partial charge is 0.410 e. The van der Waals surface area contributed by atoms with Gasteiger partial charge in [-0.25, -0.2) is 4.79 Å². The van der Waals surface area contributed by atoms with Gasteiger partial charge in [-0.05, 0) is 38.5 Å². The average molecular weight is 368 g/mol. The van der Waals surface area contributed by atoms with Crippen molar-refractivity contribution in [2.45, 2.75) is 32.9 Å². The zero-order chi connectivity index (χ0) is 16.2. The van der Waals surface area contributed by atoms with Crippen molar-refractivity contribution < 1.29 is 9.53 Å². The molecule has 0 bridgehead atoms. The Hall–Kier alpha value is -1.56. The van der Waals surface area contributed by atoms with E-state index in [-0.39, 0.29) is 6.09 Å². The molecule has 2 rings (SSSR count). The molecule has 1 aliphatic heterocycles. The van der Waals surface area contributed by atoms with Gasteiger partial charge in [-0.1, -0.05) is 28.1 Å². The summed E-state index contributed by atoms with van der Waals surface area (Å²) in [4.78, 5) is 18.2. The van der Waals surface area contributed by atoms with Crippen LogP contribution >= 0.6 is 15.9 Å². The van der Waals surface area contributed by atoms with Gasteiger partial charge in [-0.2, -0.15) is 0 Å². The second kappa shape index (κ2) is 7.13. The molecule has 1 heterocycles. The van der Waals surface area contributed by atoms with Gasteiger partial charge >= 0.3 is 6.09 Å². The number of carbonyl (C=O) groups is 1. The lowest BCUT2D eigenvalue weighted by Crippen LogP contribution is -2.47. The number of amides is 1. The SMILES string of the molecule is CC(C)(C)OC(=O)N1CCN=C(NCc2ccc(Br)cc2)C1. The van der Waals surface area contributed by atoms with E-state index >= 15 is 0 Å². The number of hydrogen-bond acceptors (Lipinski definition) is 4. The first-order valence-electron chi connectivity index (χ1n) is 7.33. The molecule has 1 aromatic carbocycles. The van der Waals surface area contributed by atoms with E-state index in [1.54, 1.807) is 4.90 Å². The first-order chi connectivity index (χ1) is 10.3. The summed E-state index contributed by atoms with van der Waals surface area (Å²) in [5.74, 6) is 0.819. The maximum atomic E-state index is 12.1.